The van der Waals surface area contributed by atoms with E-state index in [0.29, 0.717) is 6.42 Å². The van der Waals surface area contributed by atoms with Crippen LogP contribution in [0.2, 0.25) is 0 Å². The van der Waals surface area contributed by atoms with Crippen LogP contribution < -0.4 is 0 Å². The highest BCUT2D eigenvalue weighted by Crippen LogP contribution is 1.96. The first-order valence-electron chi connectivity index (χ1n) is 2.96. The standard InChI is InChI=1S/C6H13O2/c1-3-5-8-6(7)4-2/h5-7H,3-4H2,1-2H3. The molecule has 0 saturated carbocycles. The third-order valence-electron chi connectivity index (χ3n) is 0.769. The summed E-state index contributed by atoms with van der Waals surface area (Å²) in [5.41, 5.74) is 0. The molecule has 0 rings (SSSR count). The summed E-state index contributed by atoms with van der Waals surface area (Å²) in [5, 5.41) is 8.74. The van der Waals surface area contributed by atoms with Crippen LogP contribution >= 0.6 is 0 Å². The zero-order valence-electron chi connectivity index (χ0n) is 5.42. The van der Waals surface area contributed by atoms with Gasteiger partial charge in [0.15, 0.2) is 6.29 Å². The summed E-state index contributed by atoms with van der Waals surface area (Å²) in [4.78, 5) is 0. The number of aliphatic hydroxyl groups is 1. The first-order valence-corrected chi connectivity index (χ1v) is 2.96. The van der Waals surface area contributed by atoms with E-state index in [-0.39, 0.29) is 0 Å². The molecule has 0 aliphatic carbocycles. The van der Waals surface area contributed by atoms with Crippen molar-refractivity contribution in [3.05, 3.63) is 6.61 Å². The molecule has 0 spiro atoms. The smallest absolute Gasteiger partial charge is 0.154 e. The fourth-order valence-corrected chi connectivity index (χ4v) is 0.304. The molecule has 2 heteroatoms. The SMILES string of the molecule is CC[CH]OC(O)CC. The molecule has 0 fully saturated rings. The van der Waals surface area contributed by atoms with E-state index in [1.54, 1.807) is 6.61 Å². The molecular weight excluding hydrogens is 104 g/mol. The second kappa shape index (κ2) is 5.06. The molecule has 0 aromatic heterocycles. The van der Waals surface area contributed by atoms with Gasteiger partial charge in [0.2, 0.25) is 0 Å². The quantitative estimate of drug-likeness (QED) is 0.562. The monoisotopic (exact) mass is 117 g/mol. The van der Waals surface area contributed by atoms with Gasteiger partial charge in [-0.15, -0.1) is 0 Å². The van der Waals surface area contributed by atoms with E-state index < -0.39 is 6.29 Å². The first kappa shape index (κ1) is 7.92. The number of hydrogen-bond donors (Lipinski definition) is 1. The lowest BCUT2D eigenvalue weighted by atomic mass is 10.5. The van der Waals surface area contributed by atoms with Gasteiger partial charge in [0.1, 0.15) is 0 Å². The fraction of sp³-hybridized carbons (Fsp3) is 0.833. The topological polar surface area (TPSA) is 29.5 Å². The van der Waals surface area contributed by atoms with Crippen LogP contribution in [0.3, 0.4) is 0 Å². The van der Waals surface area contributed by atoms with Gasteiger partial charge in [-0.3, -0.25) is 0 Å². The lowest BCUT2D eigenvalue weighted by Crippen LogP contribution is -2.07. The number of aliphatic hydroxyl groups excluding tert-OH is 1. The normalized spacial score (nSPS) is 13.9. The second-order valence-corrected chi connectivity index (χ2v) is 1.57. The van der Waals surface area contributed by atoms with Crippen LogP contribution in [-0.2, 0) is 4.74 Å². The highest BCUT2D eigenvalue weighted by molar-refractivity contribution is 4.45. The summed E-state index contributed by atoms with van der Waals surface area (Å²) in [5.74, 6) is 0. The molecule has 0 heterocycles. The fourth-order valence-electron chi connectivity index (χ4n) is 0.304. The molecule has 0 aromatic carbocycles. The summed E-state index contributed by atoms with van der Waals surface area (Å²) in [6, 6.07) is 0. The molecule has 0 bridgehead atoms. The molecule has 0 aliphatic heterocycles. The van der Waals surface area contributed by atoms with Crippen molar-refractivity contribution in [3.63, 3.8) is 0 Å². The van der Waals surface area contributed by atoms with Crippen LogP contribution in [-0.4, -0.2) is 11.4 Å². The average Bonchev–Trinajstić information content (AvgIpc) is 1.83. The molecule has 0 aromatic rings. The maximum Gasteiger partial charge on any atom is 0.154 e. The van der Waals surface area contributed by atoms with Crippen LogP contribution in [0.5, 0.6) is 0 Å². The third-order valence-corrected chi connectivity index (χ3v) is 0.769. The van der Waals surface area contributed by atoms with Crippen LogP contribution in [0.25, 0.3) is 0 Å². The summed E-state index contributed by atoms with van der Waals surface area (Å²) in [6.45, 7) is 5.44. The predicted octanol–water partition coefficient (Wildman–Crippen LogP) is 1.30. The summed E-state index contributed by atoms with van der Waals surface area (Å²) in [7, 11) is 0. The first-order chi connectivity index (χ1) is 3.81. The highest BCUT2D eigenvalue weighted by atomic mass is 16.6. The lowest BCUT2D eigenvalue weighted by Gasteiger charge is -2.05. The van der Waals surface area contributed by atoms with Crippen molar-refractivity contribution in [1.82, 2.24) is 0 Å². The zero-order valence-corrected chi connectivity index (χ0v) is 5.42. The van der Waals surface area contributed by atoms with Crippen molar-refractivity contribution in [2.24, 2.45) is 0 Å². The Morgan fingerprint density at radius 3 is 2.62 bits per heavy atom. The minimum Gasteiger partial charge on any atom is -0.368 e. The molecule has 1 radical (unpaired) electrons. The van der Waals surface area contributed by atoms with E-state index >= 15 is 0 Å². The summed E-state index contributed by atoms with van der Waals surface area (Å²) in [6.07, 6.45) is 0.892. The van der Waals surface area contributed by atoms with Crippen molar-refractivity contribution in [1.29, 1.82) is 0 Å². The third kappa shape index (κ3) is 4.09. The maximum atomic E-state index is 8.74. The maximum absolute atomic E-state index is 8.74. The van der Waals surface area contributed by atoms with Gasteiger partial charge >= 0.3 is 0 Å². The second-order valence-electron chi connectivity index (χ2n) is 1.57. The molecule has 0 saturated heterocycles. The largest absolute Gasteiger partial charge is 0.368 e. The van der Waals surface area contributed by atoms with Crippen LogP contribution in [0, 0.1) is 6.61 Å². The Kier molecular flexibility index (Phi) is 5.01. The Bertz CT molecular complexity index is 45.8. The van der Waals surface area contributed by atoms with Crippen molar-refractivity contribution >= 4 is 0 Å². The Labute approximate surface area is 50.5 Å². The van der Waals surface area contributed by atoms with Crippen molar-refractivity contribution in [2.45, 2.75) is 33.0 Å². The molecular formula is C6H13O2. The molecule has 1 atom stereocenters. The predicted molar refractivity (Wildman–Crippen MR) is 32.0 cm³/mol. The van der Waals surface area contributed by atoms with Gasteiger partial charge < -0.3 is 9.84 Å². The Balaban J connectivity index is 2.86. The van der Waals surface area contributed by atoms with E-state index in [0.717, 1.165) is 6.42 Å². The zero-order chi connectivity index (χ0) is 6.41. The molecule has 1 N–H and O–H groups in total. The van der Waals surface area contributed by atoms with Gasteiger partial charge in [0, 0.05) is 0 Å². The molecule has 2 nitrogen and oxygen atoms in total. The van der Waals surface area contributed by atoms with Crippen molar-refractivity contribution < 1.29 is 9.84 Å². The van der Waals surface area contributed by atoms with Gasteiger partial charge in [-0.25, -0.2) is 0 Å². The molecule has 0 aliphatic rings. The van der Waals surface area contributed by atoms with Crippen LogP contribution in [0.4, 0.5) is 0 Å². The molecule has 0 amide bonds. The molecule has 1 unspecified atom stereocenters. The Morgan fingerprint density at radius 1 is 1.62 bits per heavy atom. The summed E-state index contributed by atoms with van der Waals surface area (Å²) >= 11 is 0. The number of hydrogen-bond acceptors (Lipinski definition) is 2. The van der Waals surface area contributed by atoms with Crippen LogP contribution in [0.1, 0.15) is 26.7 Å². The van der Waals surface area contributed by atoms with Gasteiger partial charge in [-0.1, -0.05) is 13.8 Å². The van der Waals surface area contributed by atoms with E-state index in [2.05, 4.69) is 0 Å². The summed E-state index contributed by atoms with van der Waals surface area (Å²) < 4.78 is 4.77. The minimum atomic E-state index is -0.602. The van der Waals surface area contributed by atoms with Crippen molar-refractivity contribution in [2.75, 3.05) is 0 Å². The van der Waals surface area contributed by atoms with Crippen LogP contribution in [0.15, 0.2) is 0 Å². The molecule has 8 heavy (non-hydrogen) atoms. The highest BCUT2D eigenvalue weighted by Gasteiger charge is 1.96. The number of rotatable bonds is 4. The van der Waals surface area contributed by atoms with E-state index in [1.165, 1.54) is 0 Å². The van der Waals surface area contributed by atoms with Gasteiger partial charge in [-0.2, -0.15) is 0 Å². The Morgan fingerprint density at radius 2 is 2.25 bits per heavy atom. The number of ether oxygens (including phenoxy) is 1. The van der Waals surface area contributed by atoms with Gasteiger partial charge in [-0.05, 0) is 12.8 Å². The minimum absolute atomic E-state index is 0.602. The van der Waals surface area contributed by atoms with E-state index in [9.17, 15) is 0 Å². The van der Waals surface area contributed by atoms with Gasteiger partial charge in [0.05, 0.1) is 6.61 Å². The molecule has 49 valence electrons. The van der Waals surface area contributed by atoms with E-state index in [1.807, 2.05) is 13.8 Å². The average molecular weight is 117 g/mol. The Hall–Kier alpha value is -0.0800. The van der Waals surface area contributed by atoms with E-state index in [4.69, 9.17) is 9.84 Å². The van der Waals surface area contributed by atoms with Gasteiger partial charge in [0.25, 0.3) is 0 Å². The lowest BCUT2D eigenvalue weighted by molar-refractivity contribution is -0.0732. The van der Waals surface area contributed by atoms with Crippen molar-refractivity contribution in [3.8, 4) is 0 Å².